The van der Waals surface area contributed by atoms with Crippen molar-refractivity contribution in [2.45, 2.75) is 9.79 Å². The third-order valence-corrected chi connectivity index (χ3v) is 4.28. The molecule has 0 aromatic heterocycles. The maximum Gasteiger partial charge on any atom is 0.336 e. The molecule has 0 aliphatic rings. The van der Waals surface area contributed by atoms with E-state index in [1.807, 2.05) is 0 Å². The highest BCUT2D eigenvalue weighted by Crippen LogP contribution is 2.37. The van der Waals surface area contributed by atoms with Gasteiger partial charge in [-0.15, -0.1) is 0 Å². The van der Waals surface area contributed by atoms with Crippen LogP contribution in [-0.2, 0) is 0 Å². The Balaban J connectivity index is 2.42. The van der Waals surface area contributed by atoms with Crippen molar-refractivity contribution in [3.8, 4) is 0 Å². The summed E-state index contributed by atoms with van der Waals surface area (Å²) in [4.78, 5) is 12.4. The molecule has 0 heterocycles. The van der Waals surface area contributed by atoms with E-state index in [1.54, 1.807) is 30.3 Å². The van der Waals surface area contributed by atoms with Gasteiger partial charge in [0, 0.05) is 15.5 Å². The van der Waals surface area contributed by atoms with Crippen LogP contribution >= 0.6 is 35.0 Å². The smallest absolute Gasteiger partial charge is 0.336 e. The van der Waals surface area contributed by atoms with Gasteiger partial charge in [0.25, 0.3) is 0 Å². The molecule has 2 aromatic carbocycles. The number of carboxylic acids is 1. The molecular formula is C13H9Cl2NO2S. The summed E-state index contributed by atoms with van der Waals surface area (Å²) < 4.78 is 0. The van der Waals surface area contributed by atoms with Crippen LogP contribution in [-0.4, -0.2) is 11.1 Å². The Bertz CT molecular complexity index is 647. The van der Waals surface area contributed by atoms with Gasteiger partial charge < -0.3 is 10.8 Å². The summed E-state index contributed by atoms with van der Waals surface area (Å²) in [6.45, 7) is 0. The summed E-state index contributed by atoms with van der Waals surface area (Å²) in [5.74, 6) is -1.02. The van der Waals surface area contributed by atoms with Gasteiger partial charge >= 0.3 is 5.97 Å². The highest BCUT2D eigenvalue weighted by molar-refractivity contribution is 7.99. The van der Waals surface area contributed by atoms with Crippen molar-refractivity contribution in [3.05, 3.63) is 52.0 Å². The third kappa shape index (κ3) is 3.15. The molecule has 6 heteroatoms. The Morgan fingerprint density at radius 2 is 1.89 bits per heavy atom. The summed E-state index contributed by atoms with van der Waals surface area (Å²) in [5, 5.41) is 10.0. The molecule has 98 valence electrons. The maximum atomic E-state index is 11.2. The minimum atomic E-state index is -1.02. The summed E-state index contributed by atoms with van der Waals surface area (Å²) in [6.07, 6.45) is 0. The van der Waals surface area contributed by atoms with E-state index >= 15 is 0 Å². The van der Waals surface area contributed by atoms with Gasteiger partial charge in [0.05, 0.1) is 15.6 Å². The molecule has 2 rings (SSSR count). The summed E-state index contributed by atoms with van der Waals surface area (Å²) >= 11 is 13.0. The molecule has 0 aliphatic heterocycles. The molecule has 0 aliphatic carbocycles. The van der Waals surface area contributed by atoms with Crippen LogP contribution in [0.4, 0.5) is 5.69 Å². The second-order valence-electron chi connectivity index (χ2n) is 3.71. The van der Waals surface area contributed by atoms with Crippen molar-refractivity contribution < 1.29 is 9.90 Å². The zero-order valence-electron chi connectivity index (χ0n) is 9.56. The van der Waals surface area contributed by atoms with Crippen molar-refractivity contribution in [2.24, 2.45) is 0 Å². The maximum absolute atomic E-state index is 11.2. The van der Waals surface area contributed by atoms with Crippen LogP contribution in [0.1, 0.15) is 10.4 Å². The predicted molar refractivity (Wildman–Crippen MR) is 78.4 cm³/mol. The first kappa shape index (κ1) is 14.1. The van der Waals surface area contributed by atoms with Gasteiger partial charge in [0.2, 0.25) is 0 Å². The van der Waals surface area contributed by atoms with Gasteiger partial charge in [-0.3, -0.25) is 0 Å². The lowest BCUT2D eigenvalue weighted by molar-refractivity contribution is 0.0693. The first-order valence-corrected chi connectivity index (χ1v) is 6.81. The highest BCUT2D eigenvalue weighted by Gasteiger charge is 2.14. The largest absolute Gasteiger partial charge is 0.478 e. The Morgan fingerprint density at radius 3 is 2.53 bits per heavy atom. The lowest BCUT2D eigenvalue weighted by Gasteiger charge is -2.09. The van der Waals surface area contributed by atoms with Gasteiger partial charge in [-0.2, -0.15) is 0 Å². The number of benzene rings is 2. The molecule has 0 spiro atoms. The number of hydrogen-bond acceptors (Lipinski definition) is 3. The van der Waals surface area contributed by atoms with E-state index in [4.69, 9.17) is 34.0 Å². The van der Waals surface area contributed by atoms with Gasteiger partial charge in [0.1, 0.15) is 0 Å². The summed E-state index contributed by atoms with van der Waals surface area (Å²) in [7, 11) is 0. The number of nitrogen functional groups attached to an aromatic ring is 1. The number of rotatable bonds is 3. The molecule has 0 fully saturated rings. The molecule has 0 saturated heterocycles. The van der Waals surface area contributed by atoms with Crippen LogP contribution < -0.4 is 5.73 Å². The molecule has 0 radical (unpaired) electrons. The molecule has 0 unspecified atom stereocenters. The van der Waals surface area contributed by atoms with Crippen LogP contribution in [0.3, 0.4) is 0 Å². The van der Waals surface area contributed by atoms with E-state index in [9.17, 15) is 4.79 Å². The average Bonchev–Trinajstić information content (AvgIpc) is 2.36. The van der Waals surface area contributed by atoms with Crippen molar-refractivity contribution in [3.63, 3.8) is 0 Å². The average molecular weight is 314 g/mol. The van der Waals surface area contributed by atoms with Gasteiger partial charge in [0.15, 0.2) is 0 Å². The van der Waals surface area contributed by atoms with Crippen LogP contribution in [0.25, 0.3) is 0 Å². The molecular weight excluding hydrogens is 305 g/mol. The summed E-state index contributed by atoms with van der Waals surface area (Å²) in [6, 6.07) is 9.87. The second kappa shape index (κ2) is 5.74. The lowest BCUT2D eigenvalue weighted by Crippen LogP contribution is -2.01. The minimum absolute atomic E-state index is 0.163. The number of nitrogens with two attached hydrogens (primary N) is 1. The van der Waals surface area contributed by atoms with Crippen LogP contribution in [0.5, 0.6) is 0 Å². The van der Waals surface area contributed by atoms with E-state index in [1.165, 1.54) is 17.8 Å². The molecule has 0 atom stereocenters. The van der Waals surface area contributed by atoms with Crippen LogP contribution in [0.2, 0.25) is 10.0 Å². The Kier molecular flexibility index (Phi) is 4.24. The van der Waals surface area contributed by atoms with Crippen molar-refractivity contribution in [1.82, 2.24) is 0 Å². The fourth-order valence-electron chi connectivity index (χ4n) is 1.50. The van der Waals surface area contributed by atoms with Crippen molar-refractivity contribution in [2.75, 3.05) is 5.73 Å². The molecule has 0 amide bonds. The number of aromatic carboxylic acids is 1. The number of carboxylic acid groups (broad SMARTS) is 1. The number of carbonyl (C=O) groups is 1. The first-order chi connectivity index (χ1) is 8.99. The second-order valence-corrected chi connectivity index (χ2v) is 5.61. The fraction of sp³-hybridized carbons (Fsp3) is 0. The van der Waals surface area contributed by atoms with Gasteiger partial charge in [-0.05, 0) is 30.3 Å². The molecule has 19 heavy (non-hydrogen) atoms. The number of hydrogen-bond donors (Lipinski definition) is 2. The normalized spacial score (nSPS) is 10.4. The topological polar surface area (TPSA) is 63.3 Å². The standard InChI is InChI=1S/C13H9Cl2NO2S/c14-9-5-4-7(6-10(9)15)19-12-8(13(17)18)2-1-3-11(12)16/h1-6H,16H2,(H,17,18). The number of halogens is 2. The Labute approximate surface area is 124 Å². The van der Waals surface area contributed by atoms with E-state index in [0.717, 1.165) is 4.90 Å². The van der Waals surface area contributed by atoms with Gasteiger partial charge in [-0.1, -0.05) is 41.0 Å². The Hall–Kier alpha value is -1.36. The molecule has 2 aromatic rings. The van der Waals surface area contributed by atoms with E-state index in [2.05, 4.69) is 0 Å². The monoisotopic (exact) mass is 313 g/mol. The van der Waals surface area contributed by atoms with Crippen molar-refractivity contribution in [1.29, 1.82) is 0 Å². The minimum Gasteiger partial charge on any atom is -0.478 e. The third-order valence-electron chi connectivity index (χ3n) is 2.39. The molecule has 3 N–H and O–H groups in total. The molecule has 0 saturated carbocycles. The van der Waals surface area contributed by atoms with Gasteiger partial charge in [-0.25, -0.2) is 4.79 Å². The lowest BCUT2D eigenvalue weighted by atomic mass is 10.2. The zero-order valence-corrected chi connectivity index (χ0v) is 11.9. The van der Waals surface area contributed by atoms with E-state index in [0.29, 0.717) is 20.6 Å². The number of anilines is 1. The van der Waals surface area contributed by atoms with Crippen molar-refractivity contribution >= 4 is 46.6 Å². The molecule has 0 bridgehead atoms. The SMILES string of the molecule is Nc1cccc(C(=O)O)c1Sc1ccc(Cl)c(Cl)c1. The van der Waals surface area contributed by atoms with Crippen LogP contribution in [0.15, 0.2) is 46.2 Å². The predicted octanol–water partition coefficient (Wildman–Crippen LogP) is 4.43. The summed E-state index contributed by atoms with van der Waals surface area (Å²) in [5.41, 5.74) is 6.41. The first-order valence-electron chi connectivity index (χ1n) is 5.23. The van der Waals surface area contributed by atoms with Crippen LogP contribution in [0, 0.1) is 0 Å². The van der Waals surface area contributed by atoms with E-state index in [-0.39, 0.29) is 5.56 Å². The highest BCUT2D eigenvalue weighted by atomic mass is 35.5. The fourth-order valence-corrected chi connectivity index (χ4v) is 2.86. The van der Waals surface area contributed by atoms with E-state index < -0.39 is 5.97 Å². The quantitative estimate of drug-likeness (QED) is 0.823. The Morgan fingerprint density at radius 1 is 1.16 bits per heavy atom. The molecule has 3 nitrogen and oxygen atoms in total. The zero-order chi connectivity index (χ0) is 14.0.